The molecule has 1 N–H and O–H groups in total. The van der Waals surface area contributed by atoms with Crippen LogP contribution in [0.5, 0.6) is 17.2 Å². The number of ether oxygens (including phenoxy) is 2. The quantitative estimate of drug-likeness (QED) is 0.458. The molecule has 0 spiro atoms. The number of piperidine rings is 1. The van der Waals surface area contributed by atoms with Gasteiger partial charge >= 0.3 is 0 Å². The summed E-state index contributed by atoms with van der Waals surface area (Å²) in [4.78, 5) is 2.55. The van der Waals surface area contributed by atoms with Crippen LogP contribution in [-0.2, 0) is 0 Å². The van der Waals surface area contributed by atoms with Crippen molar-refractivity contribution in [3.8, 4) is 17.2 Å². The van der Waals surface area contributed by atoms with E-state index >= 15 is 0 Å². The molecule has 2 heterocycles. The lowest BCUT2D eigenvalue weighted by Gasteiger charge is -2.34. The lowest BCUT2D eigenvalue weighted by Crippen LogP contribution is -2.31. The molecule has 0 aromatic heterocycles. The van der Waals surface area contributed by atoms with E-state index in [9.17, 15) is 5.11 Å². The second-order valence-corrected chi connectivity index (χ2v) is 9.20. The van der Waals surface area contributed by atoms with E-state index in [4.69, 9.17) is 9.47 Å². The van der Waals surface area contributed by atoms with E-state index in [2.05, 4.69) is 53.4 Å². The second kappa shape index (κ2) is 10.3. The summed E-state index contributed by atoms with van der Waals surface area (Å²) < 4.78 is 12.1. The van der Waals surface area contributed by atoms with Gasteiger partial charge in [-0.2, -0.15) is 0 Å². The maximum Gasteiger partial charge on any atom is 0.123 e. The molecule has 0 bridgehead atoms. The van der Waals surface area contributed by atoms with Crippen LogP contribution < -0.4 is 9.47 Å². The Morgan fingerprint density at radius 1 is 0.879 bits per heavy atom. The Morgan fingerprint density at radius 3 is 2.45 bits per heavy atom. The van der Waals surface area contributed by atoms with E-state index in [0.717, 1.165) is 36.6 Å². The van der Waals surface area contributed by atoms with E-state index in [1.807, 2.05) is 18.2 Å². The lowest BCUT2D eigenvalue weighted by atomic mass is 9.76. The number of benzene rings is 3. The zero-order valence-corrected chi connectivity index (χ0v) is 19.2. The van der Waals surface area contributed by atoms with Gasteiger partial charge in [0.15, 0.2) is 0 Å². The van der Waals surface area contributed by atoms with Crippen molar-refractivity contribution in [2.75, 3.05) is 32.8 Å². The Labute approximate surface area is 196 Å². The molecule has 0 saturated carbocycles. The number of likely N-dealkylation sites (tertiary alicyclic amines) is 1. The van der Waals surface area contributed by atoms with Gasteiger partial charge in [-0.1, -0.05) is 48.9 Å². The number of hydrogen-bond donors (Lipinski definition) is 1. The van der Waals surface area contributed by atoms with Crippen LogP contribution in [-0.4, -0.2) is 42.9 Å². The highest BCUT2D eigenvalue weighted by Gasteiger charge is 2.33. The standard InChI is InChI=1S/C29H33NO3/c31-24-12-15-28-26(20-24)29(27(21-33-28)22-8-3-1-4-9-22)23-10-13-25(14-11-23)32-19-7-18-30-16-5-2-6-17-30/h1,3-4,8-15,20,27,29,31H,2,5-7,16-19,21H2/t27-,29?/m1/s1. The van der Waals surface area contributed by atoms with Crippen molar-refractivity contribution in [1.29, 1.82) is 0 Å². The molecule has 3 aromatic rings. The highest BCUT2D eigenvalue weighted by atomic mass is 16.5. The molecular weight excluding hydrogens is 410 g/mol. The molecule has 2 aliphatic rings. The number of aromatic hydroxyl groups is 1. The van der Waals surface area contributed by atoms with E-state index in [1.165, 1.54) is 43.5 Å². The molecule has 0 amide bonds. The van der Waals surface area contributed by atoms with Crippen molar-refractivity contribution in [3.05, 3.63) is 89.5 Å². The summed E-state index contributed by atoms with van der Waals surface area (Å²) in [6.07, 6.45) is 5.10. The smallest absolute Gasteiger partial charge is 0.123 e. The monoisotopic (exact) mass is 443 g/mol. The molecule has 33 heavy (non-hydrogen) atoms. The van der Waals surface area contributed by atoms with E-state index in [0.29, 0.717) is 6.61 Å². The summed E-state index contributed by atoms with van der Waals surface area (Å²) >= 11 is 0. The van der Waals surface area contributed by atoms with E-state index < -0.39 is 0 Å². The molecule has 1 unspecified atom stereocenters. The Morgan fingerprint density at radius 2 is 1.67 bits per heavy atom. The first kappa shape index (κ1) is 21.8. The summed E-state index contributed by atoms with van der Waals surface area (Å²) in [7, 11) is 0. The summed E-state index contributed by atoms with van der Waals surface area (Å²) in [5.74, 6) is 2.32. The van der Waals surface area contributed by atoms with Gasteiger partial charge in [0.1, 0.15) is 17.2 Å². The highest BCUT2D eigenvalue weighted by molar-refractivity contribution is 5.51. The fraction of sp³-hybridized carbons (Fsp3) is 0.379. The Bertz CT molecular complexity index is 1030. The maximum atomic E-state index is 10.2. The molecule has 0 aliphatic carbocycles. The Kier molecular flexibility index (Phi) is 6.82. The van der Waals surface area contributed by atoms with Gasteiger partial charge in [0.2, 0.25) is 0 Å². The van der Waals surface area contributed by atoms with E-state index in [-0.39, 0.29) is 17.6 Å². The first-order valence-electron chi connectivity index (χ1n) is 12.2. The van der Waals surface area contributed by atoms with Gasteiger partial charge in [-0.15, -0.1) is 0 Å². The van der Waals surface area contributed by atoms with Crippen LogP contribution in [0.4, 0.5) is 0 Å². The molecule has 172 valence electrons. The number of phenols is 1. The minimum Gasteiger partial charge on any atom is -0.508 e. The summed E-state index contributed by atoms with van der Waals surface area (Å²) in [6.45, 7) is 4.95. The number of phenolic OH excluding ortho intramolecular Hbond substituents is 1. The minimum absolute atomic E-state index is 0.108. The lowest BCUT2D eigenvalue weighted by molar-refractivity contribution is 0.205. The second-order valence-electron chi connectivity index (χ2n) is 9.20. The fourth-order valence-corrected chi connectivity index (χ4v) is 5.24. The number of fused-ring (bicyclic) bond motifs is 1. The SMILES string of the molecule is Oc1ccc2c(c1)C(c1ccc(OCCCN3CCCCC3)cc1)[C@@H](c1ccccc1)CO2. The van der Waals surface area contributed by atoms with Gasteiger partial charge in [0.25, 0.3) is 0 Å². The van der Waals surface area contributed by atoms with Gasteiger partial charge in [-0.25, -0.2) is 0 Å². The predicted octanol–water partition coefficient (Wildman–Crippen LogP) is 5.96. The van der Waals surface area contributed by atoms with Crippen LogP contribution in [0.15, 0.2) is 72.8 Å². The fourth-order valence-electron chi connectivity index (χ4n) is 5.24. The average molecular weight is 444 g/mol. The molecule has 4 heteroatoms. The van der Waals surface area contributed by atoms with Gasteiger partial charge in [-0.3, -0.25) is 0 Å². The number of hydrogen-bond acceptors (Lipinski definition) is 4. The van der Waals surface area contributed by atoms with Crippen molar-refractivity contribution >= 4 is 0 Å². The Balaban J connectivity index is 1.31. The first-order valence-corrected chi connectivity index (χ1v) is 12.2. The molecule has 1 fully saturated rings. The number of nitrogens with zero attached hydrogens (tertiary/aromatic N) is 1. The molecular formula is C29H33NO3. The van der Waals surface area contributed by atoms with Crippen LogP contribution in [0.2, 0.25) is 0 Å². The third-order valence-corrected chi connectivity index (χ3v) is 6.95. The predicted molar refractivity (Wildman–Crippen MR) is 131 cm³/mol. The third-order valence-electron chi connectivity index (χ3n) is 6.95. The summed E-state index contributed by atoms with van der Waals surface area (Å²) in [6, 6.07) is 24.4. The zero-order valence-electron chi connectivity index (χ0n) is 19.2. The zero-order chi connectivity index (χ0) is 22.5. The average Bonchev–Trinajstić information content (AvgIpc) is 2.87. The van der Waals surface area contributed by atoms with Crippen LogP contribution in [0.3, 0.4) is 0 Å². The first-order chi connectivity index (χ1) is 16.3. The summed E-state index contributed by atoms with van der Waals surface area (Å²) in [5, 5.41) is 10.2. The van der Waals surface area contributed by atoms with Gasteiger partial charge in [0, 0.05) is 23.9 Å². The normalized spacial score (nSPS) is 20.6. The minimum atomic E-state index is 0.108. The van der Waals surface area contributed by atoms with Crippen LogP contribution in [0.1, 0.15) is 54.2 Å². The van der Waals surface area contributed by atoms with Crippen molar-refractivity contribution < 1.29 is 14.6 Å². The topological polar surface area (TPSA) is 41.9 Å². The largest absolute Gasteiger partial charge is 0.508 e. The molecule has 5 rings (SSSR count). The van der Waals surface area contributed by atoms with Crippen LogP contribution >= 0.6 is 0 Å². The number of rotatable bonds is 7. The molecule has 3 aromatic carbocycles. The van der Waals surface area contributed by atoms with Gasteiger partial charge < -0.3 is 19.5 Å². The summed E-state index contributed by atoms with van der Waals surface area (Å²) in [5.41, 5.74) is 3.49. The maximum absolute atomic E-state index is 10.2. The van der Waals surface area contributed by atoms with Gasteiger partial charge in [0.05, 0.1) is 13.2 Å². The van der Waals surface area contributed by atoms with Crippen molar-refractivity contribution in [1.82, 2.24) is 4.90 Å². The molecule has 0 radical (unpaired) electrons. The van der Waals surface area contributed by atoms with Crippen molar-refractivity contribution in [2.24, 2.45) is 0 Å². The third kappa shape index (κ3) is 5.17. The Hall–Kier alpha value is -2.98. The van der Waals surface area contributed by atoms with E-state index in [1.54, 1.807) is 6.07 Å². The molecule has 2 atom stereocenters. The van der Waals surface area contributed by atoms with Crippen molar-refractivity contribution in [3.63, 3.8) is 0 Å². The van der Waals surface area contributed by atoms with Crippen LogP contribution in [0, 0.1) is 0 Å². The highest BCUT2D eigenvalue weighted by Crippen LogP contribution is 2.47. The molecule has 2 aliphatic heterocycles. The van der Waals surface area contributed by atoms with Crippen LogP contribution in [0.25, 0.3) is 0 Å². The van der Waals surface area contributed by atoms with Gasteiger partial charge in [-0.05, 0) is 73.8 Å². The van der Waals surface area contributed by atoms with Crippen molar-refractivity contribution in [2.45, 2.75) is 37.5 Å². The molecule has 4 nitrogen and oxygen atoms in total. The molecule has 1 saturated heterocycles.